The lowest BCUT2D eigenvalue weighted by Crippen LogP contribution is -2.43. The zero-order chi connectivity index (χ0) is 20.9. The molecule has 0 fully saturated rings. The highest BCUT2D eigenvalue weighted by Gasteiger charge is 2.63. The van der Waals surface area contributed by atoms with Crippen molar-refractivity contribution in [3.8, 4) is 11.3 Å². The number of nitrogen functional groups attached to an aromatic ring is 1. The lowest BCUT2D eigenvalue weighted by molar-refractivity contribution is -0.146. The Hall–Kier alpha value is -3.62. The van der Waals surface area contributed by atoms with E-state index in [-0.39, 0.29) is 30.4 Å². The number of carbonyl (C=O) groups is 3. The van der Waals surface area contributed by atoms with Gasteiger partial charge in [-0.1, -0.05) is 24.3 Å². The van der Waals surface area contributed by atoms with Crippen molar-refractivity contribution in [2.24, 2.45) is 0 Å². The normalized spacial score (nSPS) is 19.6. The number of nitrogens with zero attached hydrogens (tertiary/aromatic N) is 2. The van der Waals surface area contributed by atoms with Crippen molar-refractivity contribution in [2.45, 2.75) is 19.3 Å². The zero-order valence-corrected chi connectivity index (χ0v) is 16.1. The third kappa shape index (κ3) is 2.33. The molecule has 1 atom stereocenters. The molecule has 0 bridgehead atoms. The van der Waals surface area contributed by atoms with Gasteiger partial charge in [-0.3, -0.25) is 9.59 Å². The van der Waals surface area contributed by atoms with Gasteiger partial charge in [-0.2, -0.15) is 4.98 Å². The highest BCUT2D eigenvalue weighted by atomic mass is 16.5. The van der Waals surface area contributed by atoms with E-state index in [1.807, 2.05) is 0 Å². The summed E-state index contributed by atoms with van der Waals surface area (Å²) in [5.41, 5.74) is 5.92. The summed E-state index contributed by atoms with van der Waals surface area (Å²) in [4.78, 5) is 44.2. The summed E-state index contributed by atoms with van der Waals surface area (Å²) < 4.78 is 15.6. The van der Waals surface area contributed by atoms with Crippen molar-refractivity contribution in [3.05, 3.63) is 46.8 Å². The van der Waals surface area contributed by atoms with Crippen molar-refractivity contribution in [2.75, 3.05) is 26.0 Å². The topological polar surface area (TPSA) is 125 Å². The van der Waals surface area contributed by atoms with Gasteiger partial charge in [0.1, 0.15) is 12.2 Å². The standard InChI is InChI=1S/C20H19N3O6/c1-4-28-17(25)14-10(2)23(9-13(24)27-3)18(26)20(14)12-8-6-5-7-11(12)15-16(20)22-19(21)29-15/h5-8H,4,9H2,1-3H3,(H2,21,22)/t20-/m1/s1. The number of aromatic nitrogens is 1. The summed E-state index contributed by atoms with van der Waals surface area (Å²) in [6.45, 7) is 3.03. The number of oxazole rings is 1. The van der Waals surface area contributed by atoms with E-state index < -0.39 is 23.3 Å². The third-order valence-electron chi connectivity index (χ3n) is 5.28. The van der Waals surface area contributed by atoms with Crippen LogP contribution in [0.5, 0.6) is 0 Å². The van der Waals surface area contributed by atoms with E-state index in [1.165, 1.54) is 12.0 Å². The Balaban J connectivity index is 2.03. The summed E-state index contributed by atoms with van der Waals surface area (Å²) in [6.07, 6.45) is 0. The minimum atomic E-state index is -1.60. The number of ether oxygens (including phenoxy) is 2. The Labute approximate surface area is 166 Å². The second-order valence-electron chi connectivity index (χ2n) is 6.67. The van der Waals surface area contributed by atoms with E-state index in [4.69, 9.17) is 19.6 Å². The largest absolute Gasteiger partial charge is 0.468 e. The van der Waals surface area contributed by atoms with Gasteiger partial charge in [0.15, 0.2) is 11.2 Å². The van der Waals surface area contributed by atoms with Crippen LogP contribution >= 0.6 is 0 Å². The molecule has 2 heterocycles. The molecular formula is C20H19N3O6. The third-order valence-corrected chi connectivity index (χ3v) is 5.28. The van der Waals surface area contributed by atoms with Gasteiger partial charge in [0.2, 0.25) is 5.91 Å². The molecule has 1 spiro atoms. The van der Waals surface area contributed by atoms with Gasteiger partial charge in [-0.25, -0.2) is 4.79 Å². The molecule has 0 saturated heterocycles. The van der Waals surface area contributed by atoms with Gasteiger partial charge < -0.3 is 24.5 Å². The van der Waals surface area contributed by atoms with Gasteiger partial charge in [-0.15, -0.1) is 0 Å². The first kappa shape index (κ1) is 18.7. The van der Waals surface area contributed by atoms with Crippen LogP contribution in [-0.4, -0.2) is 48.0 Å². The van der Waals surface area contributed by atoms with E-state index in [2.05, 4.69) is 4.98 Å². The maximum atomic E-state index is 13.8. The molecule has 4 rings (SSSR count). The lowest BCUT2D eigenvalue weighted by Gasteiger charge is -2.26. The van der Waals surface area contributed by atoms with E-state index in [0.29, 0.717) is 22.6 Å². The van der Waals surface area contributed by atoms with Crippen LogP contribution in [-0.2, 0) is 29.3 Å². The monoisotopic (exact) mass is 397 g/mol. The molecule has 2 aromatic rings. The smallest absolute Gasteiger partial charge is 0.337 e. The SMILES string of the molecule is CCOC(=O)C1=C(C)N(CC(=O)OC)C(=O)[C@]12c1ccccc1-c1oc(N)nc12. The number of rotatable bonds is 4. The van der Waals surface area contributed by atoms with Crippen LogP contribution < -0.4 is 5.73 Å². The number of allylic oxidation sites excluding steroid dienone is 1. The number of hydrogen-bond donors (Lipinski definition) is 1. The van der Waals surface area contributed by atoms with Crippen LogP contribution in [0.2, 0.25) is 0 Å². The van der Waals surface area contributed by atoms with Crippen molar-refractivity contribution >= 4 is 23.9 Å². The van der Waals surface area contributed by atoms with Crippen molar-refractivity contribution in [1.29, 1.82) is 0 Å². The summed E-state index contributed by atoms with van der Waals surface area (Å²) >= 11 is 0. The van der Waals surface area contributed by atoms with Crippen LogP contribution in [0.4, 0.5) is 6.01 Å². The highest BCUT2D eigenvalue weighted by Crippen LogP contribution is 2.57. The van der Waals surface area contributed by atoms with Gasteiger partial charge in [0, 0.05) is 11.3 Å². The van der Waals surface area contributed by atoms with Crippen LogP contribution in [0.1, 0.15) is 25.1 Å². The van der Waals surface area contributed by atoms with Gasteiger partial charge >= 0.3 is 11.9 Å². The van der Waals surface area contributed by atoms with E-state index in [1.54, 1.807) is 38.1 Å². The molecule has 1 amide bonds. The molecule has 150 valence electrons. The highest BCUT2D eigenvalue weighted by molar-refractivity contribution is 6.14. The summed E-state index contributed by atoms with van der Waals surface area (Å²) in [5.74, 6) is -1.48. The fourth-order valence-corrected chi connectivity index (χ4v) is 4.13. The summed E-state index contributed by atoms with van der Waals surface area (Å²) in [6, 6.07) is 6.91. The van der Waals surface area contributed by atoms with E-state index >= 15 is 0 Å². The van der Waals surface area contributed by atoms with Crippen molar-refractivity contribution < 1.29 is 28.3 Å². The molecule has 1 aromatic carbocycles. The quantitative estimate of drug-likeness (QED) is 0.767. The average Bonchev–Trinajstić information content (AvgIpc) is 3.27. The molecule has 0 unspecified atom stereocenters. The predicted octanol–water partition coefficient (Wildman–Crippen LogP) is 1.38. The number of carbonyl (C=O) groups excluding carboxylic acids is 3. The molecule has 9 heteroatoms. The van der Waals surface area contributed by atoms with Crippen LogP contribution in [0.25, 0.3) is 11.3 Å². The second kappa shape index (κ2) is 6.47. The minimum absolute atomic E-state index is 0.0905. The number of hydrogen-bond acceptors (Lipinski definition) is 8. The molecule has 1 aliphatic heterocycles. The second-order valence-corrected chi connectivity index (χ2v) is 6.67. The Morgan fingerprint density at radius 3 is 2.72 bits per heavy atom. The minimum Gasteiger partial charge on any atom is -0.468 e. The van der Waals surface area contributed by atoms with Crippen LogP contribution in [0, 0.1) is 0 Å². The Morgan fingerprint density at radius 2 is 2.03 bits per heavy atom. The summed E-state index contributed by atoms with van der Waals surface area (Å²) in [7, 11) is 1.23. The van der Waals surface area contributed by atoms with Gasteiger partial charge in [-0.05, 0) is 19.4 Å². The Kier molecular flexibility index (Phi) is 4.18. The lowest BCUT2D eigenvalue weighted by atomic mass is 9.74. The zero-order valence-electron chi connectivity index (χ0n) is 16.1. The van der Waals surface area contributed by atoms with Crippen LogP contribution in [0.3, 0.4) is 0 Å². The van der Waals surface area contributed by atoms with Gasteiger partial charge in [0.05, 0.1) is 19.3 Å². The molecular weight excluding hydrogens is 378 g/mol. The maximum Gasteiger partial charge on any atom is 0.337 e. The fourth-order valence-electron chi connectivity index (χ4n) is 4.13. The molecule has 2 aliphatic rings. The number of amides is 1. The molecule has 0 radical (unpaired) electrons. The molecule has 29 heavy (non-hydrogen) atoms. The molecule has 2 N–H and O–H groups in total. The number of benzene rings is 1. The fraction of sp³-hybridized carbons (Fsp3) is 0.300. The first-order valence-corrected chi connectivity index (χ1v) is 9.01. The van der Waals surface area contributed by atoms with Gasteiger partial charge in [0.25, 0.3) is 6.01 Å². The number of anilines is 1. The maximum absolute atomic E-state index is 13.8. The number of fused-ring (bicyclic) bond motifs is 5. The number of esters is 2. The summed E-state index contributed by atoms with van der Waals surface area (Å²) in [5, 5.41) is 0. The number of nitrogens with two attached hydrogens (primary N) is 1. The first-order valence-electron chi connectivity index (χ1n) is 9.01. The molecule has 1 aromatic heterocycles. The Morgan fingerprint density at radius 1 is 1.31 bits per heavy atom. The first-order chi connectivity index (χ1) is 13.9. The molecule has 9 nitrogen and oxygen atoms in total. The molecule has 0 saturated carbocycles. The van der Waals surface area contributed by atoms with Crippen molar-refractivity contribution in [1.82, 2.24) is 9.88 Å². The number of methoxy groups -OCH3 is 1. The van der Waals surface area contributed by atoms with Crippen molar-refractivity contribution in [3.63, 3.8) is 0 Å². The Bertz CT molecular complexity index is 1090. The van der Waals surface area contributed by atoms with Crippen LogP contribution in [0.15, 0.2) is 40.0 Å². The van der Waals surface area contributed by atoms with E-state index in [9.17, 15) is 14.4 Å². The van der Waals surface area contributed by atoms with E-state index in [0.717, 1.165) is 0 Å². The molecule has 1 aliphatic carbocycles. The average molecular weight is 397 g/mol. The predicted molar refractivity (Wildman–Crippen MR) is 100 cm³/mol.